The lowest BCUT2D eigenvalue weighted by molar-refractivity contribution is 0.231. The van der Waals surface area contributed by atoms with Crippen LogP contribution in [0, 0.1) is 5.92 Å². The summed E-state index contributed by atoms with van der Waals surface area (Å²) in [5, 5.41) is 8.93. The van der Waals surface area contributed by atoms with E-state index in [9.17, 15) is 0 Å². The summed E-state index contributed by atoms with van der Waals surface area (Å²) in [5.41, 5.74) is 0.794. The molecule has 1 heterocycles. The van der Waals surface area contributed by atoms with Crippen LogP contribution >= 0.6 is 11.6 Å². The third-order valence-corrected chi connectivity index (χ3v) is 4.01. The van der Waals surface area contributed by atoms with Crippen LogP contribution in [0.5, 0.6) is 0 Å². The third kappa shape index (κ3) is 3.83. The second kappa shape index (κ2) is 6.58. The minimum absolute atomic E-state index is 0.499. The second-order valence-electron chi connectivity index (χ2n) is 5.66. The summed E-state index contributed by atoms with van der Waals surface area (Å²) >= 11 is 6.16. The molecular formula is C16H20ClN3O. The van der Waals surface area contributed by atoms with E-state index in [0.29, 0.717) is 16.8 Å². The molecule has 0 bridgehead atoms. The van der Waals surface area contributed by atoms with Crippen molar-refractivity contribution in [3.8, 4) is 11.5 Å². The average Bonchev–Trinajstić information content (AvgIpc) is 3.16. The Kier molecular flexibility index (Phi) is 4.56. The summed E-state index contributed by atoms with van der Waals surface area (Å²) in [6.45, 7) is 5.13. The monoisotopic (exact) mass is 305 g/mol. The summed E-state index contributed by atoms with van der Waals surface area (Å²) in [7, 11) is 0. The molecule has 0 radical (unpaired) electrons. The van der Waals surface area contributed by atoms with Crippen LogP contribution in [0.25, 0.3) is 11.5 Å². The first kappa shape index (κ1) is 14.5. The van der Waals surface area contributed by atoms with Crippen molar-refractivity contribution in [3.63, 3.8) is 0 Å². The Morgan fingerprint density at radius 2 is 2.10 bits per heavy atom. The van der Waals surface area contributed by atoms with Crippen LogP contribution in [0.1, 0.15) is 32.1 Å². The zero-order valence-electron chi connectivity index (χ0n) is 12.3. The van der Waals surface area contributed by atoms with Crippen molar-refractivity contribution in [2.45, 2.75) is 32.7 Å². The van der Waals surface area contributed by atoms with Crippen LogP contribution in [-0.4, -0.2) is 28.2 Å². The predicted molar refractivity (Wildman–Crippen MR) is 83.0 cm³/mol. The molecule has 0 saturated heterocycles. The van der Waals surface area contributed by atoms with Crippen molar-refractivity contribution in [1.82, 2.24) is 15.1 Å². The Morgan fingerprint density at radius 1 is 1.29 bits per heavy atom. The summed E-state index contributed by atoms with van der Waals surface area (Å²) in [5.74, 6) is 2.03. The zero-order chi connectivity index (χ0) is 14.7. The molecule has 1 saturated carbocycles. The highest BCUT2D eigenvalue weighted by Crippen LogP contribution is 2.30. The lowest BCUT2D eigenvalue weighted by atomic mass is 10.2. The number of rotatable bonds is 7. The molecule has 0 aliphatic heterocycles. The van der Waals surface area contributed by atoms with E-state index in [1.807, 2.05) is 24.3 Å². The first-order valence-corrected chi connectivity index (χ1v) is 7.93. The van der Waals surface area contributed by atoms with Crippen LogP contribution in [0.2, 0.25) is 5.02 Å². The maximum absolute atomic E-state index is 6.16. The number of halogens is 1. The van der Waals surface area contributed by atoms with Crippen molar-refractivity contribution in [1.29, 1.82) is 0 Å². The van der Waals surface area contributed by atoms with Gasteiger partial charge in [-0.05, 0) is 43.9 Å². The molecule has 1 fully saturated rings. The quantitative estimate of drug-likeness (QED) is 0.775. The van der Waals surface area contributed by atoms with E-state index >= 15 is 0 Å². The highest BCUT2D eigenvalue weighted by atomic mass is 35.5. The number of benzene rings is 1. The Morgan fingerprint density at radius 3 is 2.81 bits per heavy atom. The Hall–Kier alpha value is -1.39. The fraction of sp³-hybridized carbons (Fsp3) is 0.500. The van der Waals surface area contributed by atoms with Gasteiger partial charge in [-0.3, -0.25) is 4.90 Å². The highest BCUT2D eigenvalue weighted by Gasteiger charge is 2.25. The number of hydrogen-bond donors (Lipinski definition) is 0. The van der Waals surface area contributed by atoms with Gasteiger partial charge in [-0.2, -0.15) is 0 Å². The van der Waals surface area contributed by atoms with Crippen molar-refractivity contribution in [2.24, 2.45) is 5.92 Å². The molecule has 1 aliphatic rings. The molecule has 112 valence electrons. The van der Waals surface area contributed by atoms with Crippen molar-refractivity contribution >= 4 is 11.6 Å². The van der Waals surface area contributed by atoms with Gasteiger partial charge in [0.05, 0.1) is 17.1 Å². The predicted octanol–water partition coefficient (Wildman–Crippen LogP) is 4.01. The molecule has 0 amide bonds. The molecule has 2 aromatic rings. The van der Waals surface area contributed by atoms with Crippen LogP contribution < -0.4 is 0 Å². The molecule has 5 heteroatoms. The normalized spacial score (nSPS) is 14.8. The summed E-state index contributed by atoms with van der Waals surface area (Å²) in [6, 6.07) is 7.54. The van der Waals surface area contributed by atoms with Crippen LogP contribution in [0.3, 0.4) is 0 Å². The molecule has 1 aromatic carbocycles. The van der Waals surface area contributed by atoms with E-state index in [4.69, 9.17) is 16.0 Å². The number of aromatic nitrogens is 2. The number of nitrogens with zero attached hydrogens (tertiary/aromatic N) is 3. The molecule has 1 aromatic heterocycles. The minimum Gasteiger partial charge on any atom is -0.419 e. The smallest absolute Gasteiger partial charge is 0.249 e. The van der Waals surface area contributed by atoms with Crippen molar-refractivity contribution < 1.29 is 4.42 Å². The molecule has 0 N–H and O–H groups in total. The first-order valence-electron chi connectivity index (χ1n) is 7.56. The highest BCUT2D eigenvalue weighted by molar-refractivity contribution is 6.33. The zero-order valence-corrected chi connectivity index (χ0v) is 13.0. The summed E-state index contributed by atoms with van der Waals surface area (Å²) in [6.07, 6.45) is 3.85. The average molecular weight is 306 g/mol. The van der Waals surface area contributed by atoms with Crippen molar-refractivity contribution in [2.75, 3.05) is 13.1 Å². The maximum atomic E-state index is 6.16. The minimum atomic E-state index is 0.499. The molecule has 3 rings (SSSR count). The van der Waals surface area contributed by atoms with E-state index in [2.05, 4.69) is 22.0 Å². The van der Waals surface area contributed by atoms with E-state index in [1.165, 1.54) is 12.8 Å². The summed E-state index contributed by atoms with van der Waals surface area (Å²) in [4.78, 5) is 2.40. The van der Waals surface area contributed by atoms with Gasteiger partial charge in [0.2, 0.25) is 11.8 Å². The molecule has 0 spiro atoms. The fourth-order valence-corrected chi connectivity index (χ4v) is 2.69. The van der Waals surface area contributed by atoms with E-state index in [-0.39, 0.29) is 0 Å². The topological polar surface area (TPSA) is 42.2 Å². The lowest BCUT2D eigenvalue weighted by Gasteiger charge is -2.19. The number of hydrogen-bond acceptors (Lipinski definition) is 4. The Labute approximate surface area is 130 Å². The van der Waals surface area contributed by atoms with Gasteiger partial charge in [0.25, 0.3) is 0 Å². The molecule has 0 unspecified atom stereocenters. The first-order chi connectivity index (χ1) is 10.3. The summed E-state index contributed by atoms with van der Waals surface area (Å²) < 4.78 is 5.78. The van der Waals surface area contributed by atoms with Crippen molar-refractivity contribution in [3.05, 3.63) is 35.2 Å². The maximum Gasteiger partial charge on any atom is 0.249 e. The third-order valence-electron chi connectivity index (χ3n) is 3.68. The van der Waals surface area contributed by atoms with E-state index in [0.717, 1.165) is 37.5 Å². The van der Waals surface area contributed by atoms with E-state index < -0.39 is 0 Å². The van der Waals surface area contributed by atoms with Gasteiger partial charge >= 0.3 is 0 Å². The SMILES string of the molecule is CCCN(Cc1nnc(-c2ccccc2Cl)o1)CC1CC1. The largest absolute Gasteiger partial charge is 0.419 e. The van der Waals surface area contributed by atoms with Gasteiger partial charge in [0, 0.05) is 6.54 Å². The molecule has 0 atom stereocenters. The molecule has 4 nitrogen and oxygen atoms in total. The van der Waals surface area contributed by atoms with Gasteiger partial charge in [0.1, 0.15) is 0 Å². The van der Waals surface area contributed by atoms with Crippen LogP contribution in [0.15, 0.2) is 28.7 Å². The standard InChI is InChI=1S/C16H20ClN3O/c1-2-9-20(10-12-7-8-12)11-15-18-19-16(21-15)13-5-3-4-6-14(13)17/h3-6,12H,2,7-11H2,1H3. The molecule has 21 heavy (non-hydrogen) atoms. The Bertz CT molecular complexity index is 595. The Balaban J connectivity index is 1.70. The van der Waals surface area contributed by atoms with Gasteiger partial charge < -0.3 is 4.42 Å². The van der Waals surface area contributed by atoms with Crippen LogP contribution in [0.4, 0.5) is 0 Å². The van der Waals surface area contributed by atoms with Gasteiger partial charge in [-0.15, -0.1) is 10.2 Å². The molecule has 1 aliphatic carbocycles. The lowest BCUT2D eigenvalue weighted by Crippen LogP contribution is -2.26. The van der Waals surface area contributed by atoms with Gasteiger partial charge in [-0.25, -0.2) is 0 Å². The van der Waals surface area contributed by atoms with E-state index in [1.54, 1.807) is 0 Å². The van der Waals surface area contributed by atoms with Gasteiger partial charge in [-0.1, -0.05) is 30.7 Å². The fourth-order valence-electron chi connectivity index (χ4n) is 2.47. The van der Waals surface area contributed by atoms with Gasteiger partial charge in [0.15, 0.2) is 0 Å². The van der Waals surface area contributed by atoms with Crippen LogP contribution in [-0.2, 0) is 6.54 Å². The molecular weight excluding hydrogens is 286 g/mol. The second-order valence-corrected chi connectivity index (χ2v) is 6.07.